The van der Waals surface area contributed by atoms with Gasteiger partial charge in [0.05, 0.1) is 6.61 Å². The Labute approximate surface area is 64.4 Å². The maximum atomic E-state index is 9.85. The van der Waals surface area contributed by atoms with Crippen molar-refractivity contribution < 1.29 is 20.1 Å². The number of aliphatic hydroxyl groups excluding tert-OH is 2. The summed E-state index contributed by atoms with van der Waals surface area (Å²) in [6.45, 7) is -0.619. The van der Waals surface area contributed by atoms with Gasteiger partial charge in [-0.25, -0.2) is 0 Å². The van der Waals surface area contributed by atoms with E-state index in [1.807, 2.05) is 0 Å². The van der Waals surface area contributed by atoms with Crippen molar-refractivity contribution in [1.82, 2.24) is 0 Å². The molecule has 0 heterocycles. The van der Waals surface area contributed by atoms with Gasteiger partial charge in [-0.2, -0.15) is 0 Å². The predicted octanol–water partition coefficient (Wildman–Crippen LogP) is -2.03. The summed E-state index contributed by atoms with van der Waals surface area (Å²) in [5.74, 6) is 0. The van der Waals surface area contributed by atoms with Crippen molar-refractivity contribution in [2.24, 2.45) is 5.73 Å². The van der Waals surface area contributed by atoms with Crippen molar-refractivity contribution in [3.63, 3.8) is 0 Å². The summed E-state index contributed by atoms with van der Waals surface area (Å²) < 4.78 is 0. The molecule has 0 aromatic heterocycles. The Morgan fingerprint density at radius 3 is 2.55 bits per heavy atom. The first kappa shape index (κ1) is 10.5. The van der Waals surface area contributed by atoms with E-state index < -0.39 is 18.4 Å². The van der Waals surface area contributed by atoms with Crippen molar-refractivity contribution in [2.45, 2.75) is 24.7 Å². The third-order valence-electron chi connectivity index (χ3n) is 1.41. The minimum Gasteiger partial charge on any atom is -0.394 e. The lowest BCUT2D eigenvalue weighted by Crippen LogP contribution is -2.52. The van der Waals surface area contributed by atoms with Crippen LogP contribution >= 0.6 is 0 Å². The van der Waals surface area contributed by atoms with E-state index in [9.17, 15) is 4.79 Å². The van der Waals surface area contributed by atoms with Gasteiger partial charge in [0.25, 0.3) is 0 Å². The van der Waals surface area contributed by atoms with E-state index in [1.165, 1.54) is 0 Å². The van der Waals surface area contributed by atoms with Crippen LogP contribution in [0.5, 0.6) is 0 Å². The molecule has 0 saturated heterocycles. The van der Waals surface area contributed by atoms with Crippen molar-refractivity contribution in [3.05, 3.63) is 0 Å². The van der Waals surface area contributed by atoms with Gasteiger partial charge in [0, 0.05) is 6.42 Å². The predicted molar refractivity (Wildman–Crippen MR) is 37.5 cm³/mol. The van der Waals surface area contributed by atoms with Crippen molar-refractivity contribution in [3.8, 4) is 0 Å². The first-order valence-electron chi connectivity index (χ1n) is 3.28. The average molecular weight is 163 g/mol. The fourth-order valence-corrected chi connectivity index (χ4v) is 0.615. The number of hydrogen-bond acceptors (Lipinski definition) is 5. The van der Waals surface area contributed by atoms with Crippen LogP contribution in [0.2, 0.25) is 0 Å². The van der Waals surface area contributed by atoms with E-state index in [-0.39, 0.29) is 12.8 Å². The highest BCUT2D eigenvalue weighted by molar-refractivity contribution is 5.49. The quantitative estimate of drug-likeness (QED) is 0.276. The Kier molecular flexibility index (Phi) is 4.20. The summed E-state index contributed by atoms with van der Waals surface area (Å²) in [7, 11) is 0. The van der Waals surface area contributed by atoms with Gasteiger partial charge >= 0.3 is 0 Å². The van der Waals surface area contributed by atoms with E-state index in [4.69, 9.17) is 21.1 Å². The van der Waals surface area contributed by atoms with E-state index >= 15 is 0 Å². The van der Waals surface area contributed by atoms with E-state index in [2.05, 4.69) is 0 Å². The Morgan fingerprint density at radius 2 is 2.18 bits per heavy atom. The molecule has 0 aromatic carbocycles. The molecular formula is C6H13NO4. The molecule has 5 N–H and O–H groups in total. The molecular weight excluding hydrogens is 150 g/mol. The molecule has 0 amide bonds. The summed E-state index contributed by atoms with van der Waals surface area (Å²) in [4.78, 5) is 9.85. The van der Waals surface area contributed by atoms with Crippen molar-refractivity contribution >= 4 is 6.29 Å². The molecule has 0 bridgehead atoms. The lowest BCUT2D eigenvalue weighted by atomic mass is 10.0. The van der Waals surface area contributed by atoms with Crippen LogP contribution in [0.3, 0.4) is 0 Å². The lowest BCUT2D eigenvalue weighted by Gasteiger charge is -2.26. The highest BCUT2D eigenvalue weighted by Crippen LogP contribution is 2.09. The second-order valence-corrected chi connectivity index (χ2v) is 2.39. The molecule has 0 aliphatic heterocycles. The number of aliphatic hydroxyl groups is 3. The maximum absolute atomic E-state index is 9.85. The zero-order valence-electron chi connectivity index (χ0n) is 6.10. The van der Waals surface area contributed by atoms with Crippen molar-refractivity contribution in [1.29, 1.82) is 0 Å². The minimum atomic E-state index is -1.87. The summed E-state index contributed by atoms with van der Waals surface area (Å²) in [6, 6.07) is 0. The van der Waals surface area contributed by atoms with E-state index in [0.29, 0.717) is 6.29 Å². The van der Waals surface area contributed by atoms with Gasteiger partial charge in [0.15, 0.2) is 0 Å². The second-order valence-electron chi connectivity index (χ2n) is 2.39. The average Bonchev–Trinajstić information content (AvgIpc) is 1.99. The van der Waals surface area contributed by atoms with Gasteiger partial charge in [-0.1, -0.05) is 0 Å². The zero-order chi connectivity index (χ0) is 8.91. The van der Waals surface area contributed by atoms with Gasteiger partial charge in [-0.05, 0) is 6.42 Å². The Morgan fingerprint density at radius 1 is 1.64 bits per heavy atom. The number of nitrogens with two attached hydrogens (primary N) is 1. The van der Waals surface area contributed by atoms with Crippen LogP contribution in [0.1, 0.15) is 12.8 Å². The Bertz CT molecular complexity index is 126. The summed E-state index contributed by atoms with van der Waals surface area (Å²) in [5.41, 5.74) is 3.28. The molecule has 0 aliphatic rings. The second kappa shape index (κ2) is 4.40. The molecule has 5 heteroatoms. The molecule has 2 atom stereocenters. The first-order valence-corrected chi connectivity index (χ1v) is 3.28. The van der Waals surface area contributed by atoms with Crippen LogP contribution in [-0.4, -0.2) is 40.0 Å². The van der Waals surface area contributed by atoms with Crippen LogP contribution in [-0.2, 0) is 4.79 Å². The monoisotopic (exact) mass is 163 g/mol. The fourth-order valence-electron chi connectivity index (χ4n) is 0.615. The molecule has 0 aromatic rings. The van der Waals surface area contributed by atoms with Crippen LogP contribution in [0.15, 0.2) is 0 Å². The largest absolute Gasteiger partial charge is 0.394 e. The van der Waals surface area contributed by atoms with Crippen LogP contribution in [0, 0.1) is 0 Å². The molecule has 0 radical (unpaired) electrons. The topological polar surface area (TPSA) is 104 Å². The highest BCUT2D eigenvalue weighted by atomic mass is 16.4. The molecule has 0 unspecified atom stereocenters. The number of hydrogen-bond donors (Lipinski definition) is 4. The van der Waals surface area contributed by atoms with Crippen LogP contribution in [0.25, 0.3) is 0 Å². The van der Waals surface area contributed by atoms with Crippen LogP contribution in [0.4, 0.5) is 0 Å². The molecule has 0 rings (SSSR count). The lowest BCUT2D eigenvalue weighted by molar-refractivity contribution is -0.114. The van der Waals surface area contributed by atoms with Gasteiger partial charge in [-0.15, -0.1) is 0 Å². The van der Waals surface area contributed by atoms with E-state index in [0.717, 1.165) is 0 Å². The van der Waals surface area contributed by atoms with Crippen LogP contribution < -0.4 is 5.73 Å². The Hall–Kier alpha value is -0.490. The zero-order valence-corrected chi connectivity index (χ0v) is 6.10. The SMILES string of the molecule is N[C@](O)(CCC=O)[C@H](O)CO. The molecule has 0 fully saturated rings. The molecule has 0 spiro atoms. The molecule has 11 heavy (non-hydrogen) atoms. The summed E-state index contributed by atoms with van der Waals surface area (Å²) in [6.07, 6.45) is -0.813. The third kappa shape index (κ3) is 3.43. The number of carbonyl (C=O) groups is 1. The highest BCUT2D eigenvalue weighted by Gasteiger charge is 2.29. The fraction of sp³-hybridized carbons (Fsp3) is 0.833. The smallest absolute Gasteiger partial charge is 0.142 e. The summed E-state index contributed by atoms with van der Waals surface area (Å²) >= 11 is 0. The number of carbonyl (C=O) groups excluding carboxylic acids is 1. The Balaban J connectivity index is 3.86. The van der Waals surface area contributed by atoms with Crippen molar-refractivity contribution in [2.75, 3.05) is 6.61 Å². The number of rotatable bonds is 5. The molecule has 5 nitrogen and oxygen atoms in total. The number of aldehydes is 1. The third-order valence-corrected chi connectivity index (χ3v) is 1.41. The molecule has 66 valence electrons. The summed E-state index contributed by atoms with van der Waals surface area (Å²) in [5, 5.41) is 26.4. The van der Waals surface area contributed by atoms with Gasteiger partial charge in [-0.3, -0.25) is 0 Å². The standard InChI is InChI=1S/C6H13NO4/c7-6(11,2-1-3-8)5(10)4-9/h3,5,9-11H,1-2,4,7H2/t5-,6+/m1/s1. The van der Waals surface area contributed by atoms with Gasteiger partial charge < -0.3 is 25.8 Å². The normalized spacial score (nSPS) is 18.9. The molecule has 0 saturated carbocycles. The first-order chi connectivity index (χ1) is 5.04. The van der Waals surface area contributed by atoms with Gasteiger partial charge in [0.1, 0.15) is 18.1 Å². The minimum absolute atomic E-state index is 0.0573. The van der Waals surface area contributed by atoms with Gasteiger partial charge in [0.2, 0.25) is 0 Å². The van der Waals surface area contributed by atoms with E-state index in [1.54, 1.807) is 0 Å². The maximum Gasteiger partial charge on any atom is 0.142 e. The molecule has 0 aliphatic carbocycles.